The number of likely N-dealkylation sites (tertiary alicyclic amines) is 1. The monoisotopic (exact) mass is 386 g/mol. The van der Waals surface area contributed by atoms with E-state index in [0.717, 1.165) is 17.5 Å². The maximum Gasteiger partial charge on any atom is 0.410 e. The van der Waals surface area contributed by atoms with Gasteiger partial charge in [0.1, 0.15) is 12.1 Å². The smallest absolute Gasteiger partial charge is 0.410 e. The summed E-state index contributed by atoms with van der Waals surface area (Å²) < 4.78 is 5.43. The molecule has 1 fully saturated rings. The van der Waals surface area contributed by atoms with Crippen LogP contribution in [-0.2, 0) is 16.1 Å². The van der Waals surface area contributed by atoms with Crippen LogP contribution < -0.4 is 5.32 Å². The van der Waals surface area contributed by atoms with Gasteiger partial charge in [0.2, 0.25) is 5.91 Å². The molecule has 6 heteroatoms. The van der Waals surface area contributed by atoms with E-state index in [4.69, 9.17) is 16.3 Å². The minimum atomic E-state index is -0.953. The first-order valence-corrected chi connectivity index (χ1v) is 9.34. The molecule has 27 heavy (non-hydrogen) atoms. The first-order valence-electron chi connectivity index (χ1n) is 8.96. The first-order chi connectivity index (χ1) is 12.9. The van der Waals surface area contributed by atoms with Crippen molar-refractivity contribution >= 4 is 29.3 Å². The third-order valence-electron chi connectivity index (χ3n) is 4.99. The Morgan fingerprint density at radius 1 is 1.22 bits per heavy atom. The molecule has 2 amide bonds. The van der Waals surface area contributed by atoms with Crippen LogP contribution in [-0.4, -0.2) is 29.0 Å². The summed E-state index contributed by atoms with van der Waals surface area (Å²) in [5.41, 5.74) is 1.50. The van der Waals surface area contributed by atoms with Gasteiger partial charge < -0.3 is 10.1 Å². The number of anilines is 1. The van der Waals surface area contributed by atoms with Gasteiger partial charge in [-0.2, -0.15) is 0 Å². The average molecular weight is 387 g/mol. The highest BCUT2D eigenvalue weighted by atomic mass is 35.5. The van der Waals surface area contributed by atoms with Gasteiger partial charge in [-0.15, -0.1) is 0 Å². The molecule has 0 aliphatic carbocycles. The van der Waals surface area contributed by atoms with Crippen molar-refractivity contribution in [2.24, 2.45) is 0 Å². The van der Waals surface area contributed by atoms with E-state index in [-0.39, 0.29) is 12.5 Å². The number of aryl methyl sites for hydroxylation is 1. The second-order valence-electron chi connectivity index (χ2n) is 6.99. The topological polar surface area (TPSA) is 58.6 Å². The number of hydrogen-bond donors (Lipinski definition) is 1. The highest BCUT2D eigenvalue weighted by molar-refractivity contribution is 6.31. The zero-order valence-electron chi connectivity index (χ0n) is 15.5. The van der Waals surface area contributed by atoms with Gasteiger partial charge in [-0.25, -0.2) is 4.79 Å². The van der Waals surface area contributed by atoms with Crippen LogP contribution in [0, 0.1) is 6.92 Å². The predicted molar refractivity (Wildman–Crippen MR) is 106 cm³/mol. The van der Waals surface area contributed by atoms with Crippen molar-refractivity contribution in [3.63, 3.8) is 0 Å². The molecular weight excluding hydrogens is 364 g/mol. The van der Waals surface area contributed by atoms with Crippen LogP contribution in [0.1, 0.15) is 30.9 Å². The van der Waals surface area contributed by atoms with E-state index in [1.54, 1.807) is 19.1 Å². The van der Waals surface area contributed by atoms with E-state index in [1.165, 1.54) is 4.90 Å². The van der Waals surface area contributed by atoms with E-state index in [1.807, 2.05) is 43.3 Å². The lowest BCUT2D eigenvalue weighted by atomic mass is 9.97. The normalized spacial score (nSPS) is 19.0. The van der Waals surface area contributed by atoms with Crippen molar-refractivity contribution in [2.45, 2.75) is 38.8 Å². The number of ether oxygens (including phenoxy) is 1. The molecule has 1 unspecified atom stereocenters. The molecular formula is C21H23ClN2O3. The van der Waals surface area contributed by atoms with Gasteiger partial charge >= 0.3 is 6.09 Å². The number of carbonyl (C=O) groups excluding carboxylic acids is 2. The van der Waals surface area contributed by atoms with Crippen LogP contribution in [0.25, 0.3) is 0 Å². The van der Waals surface area contributed by atoms with E-state index >= 15 is 0 Å². The molecule has 0 bridgehead atoms. The zero-order chi connectivity index (χ0) is 19.4. The maximum atomic E-state index is 12.9. The molecule has 1 saturated heterocycles. The summed E-state index contributed by atoms with van der Waals surface area (Å²) in [5.74, 6) is -0.239. The summed E-state index contributed by atoms with van der Waals surface area (Å²) in [4.78, 5) is 27.0. The first kappa shape index (κ1) is 19.2. The van der Waals surface area contributed by atoms with Crippen LogP contribution in [0.5, 0.6) is 0 Å². The summed E-state index contributed by atoms with van der Waals surface area (Å²) in [6.45, 7) is 4.35. The highest BCUT2D eigenvalue weighted by Crippen LogP contribution is 2.31. The molecule has 0 saturated carbocycles. The molecule has 3 rings (SSSR count). The third-order valence-corrected chi connectivity index (χ3v) is 5.39. The van der Waals surface area contributed by atoms with Crippen LogP contribution in [0.15, 0.2) is 48.5 Å². The number of nitrogens with one attached hydrogen (secondary N) is 1. The number of benzene rings is 2. The van der Waals surface area contributed by atoms with Crippen molar-refractivity contribution in [3.05, 3.63) is 64.7 Å². The van der Waals surface area contributed by atoms with Crippen LogP contribution >= 0.6 is 11.6 Å². The minimum Gasteiger partial charge on any atom is -0.445 e. The van der Waals surface area contributed by atoms with E-state index in [2.05, 4.69) is 5.32 Å². The Morgan fingerprint density at radius 3 is 2.67 bits per heavy atom. The lowest BCUT2D eigenvalue weighted by molar-refractivity contribution is -0.125. The minimum absolute atomic E-state index is 0.182. The molecule has 142 valence electrons. The standard InChI is InChI=1S/C21H23ClN2O3/c1-15-9-10-17(13-18(15)22)23-19(25)21(2)11-6-12-24(21)20(26)27-14-16-7-4-3-5-8-16/h3-5,7-10,13H,6,11-12,14H2,1-2H3,(H,23,25). The molecule has 1 aliphatic rings. The molecule has 1 N–H and O–H groups in total. The Hall–Kier alpha value is -2.53. The third kappa shape index (κ3) is 4.25. The number of halogens is 1. The molecule has 0 spiro atoms. The van der Waals surface area contributed by atoms with Gasteiger partial charge in [0.15, 0.2) is 0 Å². The van der Waals surface area contributed by atoms with E-state index in [0.29, 0.717) is 23.7 Å². The fourth-order valence-corrected chi connectivity index (χ4v) is 3.41. The molecule has 0 aromatic heterocycles. The van der Waals surface area contributed by atoms with E-state index < -0.39 is 11.6 Å². The lowest BCUT2D eigenvalue weighted by Crippen LogP contribution is -2.53. The van der Waals surface area contributed by atoms with Gasteiger partial charge in [0, 0.05) is 17.3 Å². The summed E-state index contributed by atoms with van der Waals surface area (Å²) >= 11 is 6.13. The summed E-state index contributed by atoms with van der Waals surface area (Å²) in [6, 6.07) is 14.8. The summed E-state index contributed by atoms with van der Waals surface area (Å²) in [7, 11) is 0. The van der Waals surface area contributed by atoms with Crippen molar-refractivity contribution in [1.29, 1.82) is 0 Å². The van der Waals surface area contributed by atoms with Gasteiger partial charge in [-0.3, -0.25) is 9.69 Å². The SMILES string of the molecule is Cc1ccc(NC(=O)C2(C)CCCN2C(=O)OCc2ccccc2)cc1Cl. The molecule has 2 aromatic rings. The quantitative estimate of drug-likeness (QED) is 0.822. The van der Waals surface area contributed by atoms with Gasteiger partial charge in [-0.05, 0) is 49.9 Å². The lowest BCUT2D eigenvalue weighted by Gasteiger charge is -2.33. The molecule has 1 aliphatic heterocycles. The number of rotatable bonds is 4. The van der Waals surface area contributed by atoms with Crippen molar-refractivity contribution in [2.75, 3.05) is 11.9 Å². The Kier molecular flexibility index (Phi) is 5.71. The number of carbonyl (C=O) groups is 2. The highest BCUT2D eigenvalue weighted by Gasteiger charge is 2.46. The zero-order valence-corrected chi connectivity index (χ0v) is 16.3. The van der Waals surface area contributed by atoms with Crippen molar-refractivity contribution in [3.8, 4) is 0 Å². The molecule has 1 atom stereocenters. The maximum absolute atomic E-state index is 12.9. The van der Waals surface area contributed by atoms with Crippen LogP contribution in [0.2, 0.25) is 5.02 Å². The number of amides is 2. The molecule has 1 heterocycles. The number of nitrogens with zero attached hydrogens (tertiary/aromatic N) is 1. The summed E-state index contributed by atoms with van der Waals surface area (Å²) in [6.07, 6.45) is 0.855. The Labute approximate surface area is 164 Å². The Morgan fingerprint density at radius 2 is 1.96 bits per heavy atom. The van der Waals surface area contributed by atoms with Gasteiger partial charge in [-0.1, -0.05) is 48.0 Å². The summed E-state index contributed by atoms with van der Waals surface area (Å²) in [5, 5.41) is 3.46. The largest absolute Gasteiger partial charge is 0.445 e. The van der Waals surface area contributed by atoms with Crippen molar-refractivity contribution < 1.29 is 14.3 Å². The van der Waals surface area contributed by atoms with Crippen LogP contribution in [0.4, 0.5) is 10.5 Å². The van der Waals surface area contributed by atoms with E-state index in [9.17, 15) is 9.59 Å². The van der Waals surface area contributed by atoms with Gasteiger partial charge in [0.05, 0.1) is 0 Å². The van der Waals surface area contributed by atoms with Crippen molar-refractivity contribution in [1.82, 2.24) is 4.90 Å². The molecule has 2 aromatic carbocycles. The molecule has 0 radical (unpaired) electrons. The number of hydrogen-bond acceptors (Lipinski definition) is 3. The fourth-order valence-electron chi connectivity index (χ4n) is 3.23. The fraction of sp³-hybridized carbons (Fsp3) is 0.333. The predicted octanol–water partition coefficient (Wildman–Crippen LogP) is 4.78. The second kappa shape index (κ2) is 8.01. The Balaban J connectivity index is 1.67. The second-order valence-corrected chi connectivity index (χ2v) is 7.39. The van der Waals surface area contributed by atoms with Crippen LogP contribution in [0.3, 0.4) is 0 Å². The van der Waals surface area contributed by atoms with Gasteiger partial charge in [0.25, 0.3) is 0 Å². The molecule has 5 nitrogen and oxygen atoms in total. The Bertz CT molecular complexity index is 841. The average Bonchev–Trinajstić information content (AvgIpc) is 3.07.